The normalized spacial score (nSPS) is 13.0. The maximum absolute atomic E-state index is 11.8. The Balaban J connectivity index is 2.33. The third-order valence-electron chi connectivity index (χ3n) is 2.31. The molecule has 0 aliphatic heterocycles. The summed E-state index contributed by atoms with van der Waals surface area (Å²) in [4.78, 5) is 0. The molecule has 1 N–H and O–H groups in total. The van der Waals surface area contributed by atoms with Crippen molar-refractivity contribution in [3.05, 3.63) is 33.8 Å². The zero-order valence-corrected chi connectivity index (χ0v) is 11.1. The highest BCUT2D eigenvalue weighted by Gasteiger charge is 2.10. The molecule has 1 aromatic rings. The highest BCUT2D eigenvalue weighted by atomic mass is 35.5. The van der Waals surface area contributed by atoms with Crippen molar-refractivity contribution >= 4 is 23.2 Å². The number of aliphatic hydroxyl groups is 1. The first-order chi connectivity index (χ1) is 8.49. The molecule has 1 rings (SSSR count). The number of aliphatic hydroxyl groups excluding tert-OH is 1. The molecular formula is C12H14Cl2F2O2. The molecule has 18 heavy (non-hydrogen) atoms. The van der Waals surface area contributed by atoms with E-state index in [1.54, 1.807) is 18.2 Å². The lowest BCUT2D eigenvalue weighted by Crippen LogP contribution is -2.15. The van der Waals surface area contributed by atoms with Gasteiger partial charge in [0.1, 0.15) is 6.61 Å². The molecular weight excluding hydrogens is 285 g/mol. The van der Waals surface area contributed by atoms with Crippen LogP contribution in [0.2, 0.25) is 10.0 Å². The van der Waals surface area contributed by atoms with Gasteiger partial charge in [0.2, 0.25) is 0 Å². The molecule has 0 aromatic heterocycles. The van der Waals surface area contributed by atoms with Gasteiger partial charge in [-0.2, -0.15) is 0 Å². The second-order valence-electron chi connectivity index (χ2n) is 3.85. The van der Waals surface area contributed by atoms with E-state index in [-0.39, 0.29) is 13.0 Å². The molecule has 1 unspecified atom stereocenters. The van der Waals surface area contributed by atoms with Crippen LogP contribution in [0.25, 0.3) is 0 Å². The van der Waals surface area contributed by atoms with E-state index in [0.717, 1.165) is 5.56 Å². The van der Waals surface area contributed by atoms with Crippen molar-refractivity contribution in [2.24, 2.45) is 0 Å². The fourth-order valence-corrected chi connectivity index (χ4v) is 1.92. The van der Waals surface area contributed by atoms with Crippen LogP contribution in [-0.2, 0) is 11.2 Å². The van der Waals surface area contributed by atoms with Crippen LogP contribution < -0.4 is 0 Å². The van der Waals surface area contributed by atoms with Crippen LogP contribution in [0.15, 0.2) is 18.2 Å². The summed E-state index contributed by atoms with van der Waals surface area (Å²) < 4.78 is 28.2. The molecule has 102 valence electrons. The fraction of sp³-hybridized carbons (Fsp3) is 0.500. The van der Waals surface area contributed by atoms with Gasteiger partial charge < -0.3 is 9.84 Å². The molecule has 6 heteroatoms. The molecule has 0 saturated heterocycles. The van der Waals surface area contributed by atoms with Crippen LogP contribution in [0.4, 0.5) is 8.78 Å². The summed E-state index contributed by atoms with van der Waals surface area (Å²) in [5, 5.41) is 10.7. The summed E-state index contributed by atoms with van der Waals surface area (Å²) in [7, 11) is 0. The average Bonchev–Trinajstić information content (AvgIpc) is 2.28. The van der Waals surface area contributed by atoms with Crippen molar-refractivity contribution in [1.29, 1.82) is 0 Å². The molecule has 0 heterocycles. The summed E-state index contributed by atoms with van der Waals surface area (Å²) >= 11 is 11.7. The zero-order valence-electron chi connectivity index (χ0n) is 9.58. The van der Waals surface area contributed by atoms with E-state index in [9.17, 15) is 13.9 Å². The highest BCUT2D eigenvalue weighted by molar-refractivity contribution is 6.35. The lowest BCUT2D eigenvalue weighted by atomic mass is 10.1. The molecule has 0 bridgehead atoms. The molecule has 0 aliphatic rings. The molecule has 0 fully saturated rings. The van der Waals surface area contributed by atoms with Crippen LogP contribution in [-0.4, -0.2) is 30.8 Å². The number of hydrogen-bond acceptors (Lipinski definition) is 2. The molecule has 2 nitrogen and oxygen atoms in total. The first-order valence-electron chi connectivity index (χ1n) is 5.47. The number of ether oxygens (including phenoxy) is 1. The van der Waals surface area contributed by atoms with Crippen LogP contribution in [0.3, 0.4) is 0 Å². The van der Waals surface area contributed by atoms with Gasteiger partial charge in [0.15, 0.2) is 0 Å². The second-order valence-corrected chi connectivity index (χ2v) is 4.69. The number of halogens is 4. The largest absolute Gasteiger partial charge is 0.393 e. The van der Waals surface area contributed by atoms with E-state index in [0.29, 0.717) is 16.5 Å². The minimum absolute atomic E-state index is 0.0940. The van der Waals surface area contributed by atoms with E-state index in [4.69, 9.17) is 23.2 Å². The van der Waals surface area contributed by atoms with Crippen molar-refractivity contribution in [3.8, 4) is 0 Å². The van der Waals surface area contributed by atoms with Crippen molar-refractivity contribution in [3.63, 3.8) is 0 Å². The van der Waals surface area contributed by atoms with E-state index < -0.39 is 19.1 Å². The van der Waals surface area contributed by atoms with Crippen molar-refractivity contribution in [2.45, 2.75) is 25.4 Å². The van der Waals surface area contributed by atoms with Gasteiger partial charge in [0.05, 0.1) is 6.10 Å². The van der Waals surface area contributed by atoms with E-state index in [1.807, 2.05) is 0 Å². The predicted octanol–water partition coefficient (Wildman–Crippen LogP) is 3.57. The van der Waals surface area contributed by atoms with Gasteiger partial charge in [-0.25, -0.2) is 8.78 Å². The Morgan fingerprint density at radius 2 is 2.00 bits per heavy atom. The molecule has 0 spiro atoms. The van der Waals surface area contributed by atoms with Crippen LogP contribution in [0.5, 0.6) is 0 Å². The van der Waals surface area contributed by atoms with Crippen LogP contribution in [0, 0.1) is 0 Å². The summed E-state index contributed by atoms with van der Waals surface area (Å²) in [6, 6.07) is 5.01. The summed E-state index contributed by atoms with van der Waals surface area (Å²) in [6.45, 7) is -0.509. The fourth-order valence-electron chi connectivity index (χ4n) is 1.43. The average molecular weight is 299 g/mol. The van der Waals surface area contributed by atoms with Gasteiger partial charge in [0, 0.05) is 16.7 Å². The number of hydrogen-bond donors (Lipinski definition) is 1. The Morgan fingerprint density at radius 3 is 2.61 bits per heavy atom. The minimum atomic E-state index is -2.48. The van der Waals surface area contributed by atoms with E-state index in [2.05, 4.69) is 4.74 Å². The standard InChI is InChI=1S/C12H14Cl2F2O2/c13-9-2-1-8(11(14)6-9)5-10(17)3-4-18-7-12(15)16/h1-2,6,10,12,17H,3-5,7H2. The Hall–Kier alpha value is -0.420. The van der Waals surface area contributed by atoms with Gasteiger partial charge in [-0.05, 0) is 30.5 Å². The van der Waals surface area contributed by atoms with E-state index in [1.165, 1.54) is 0 Å². The van der Waals surface area contributed by atoms with Gasteiger partial charge in [-0.15, -0.1) is 0 Å². The molecule has 0 aliphatic carbocycles. The van der Waals surface area contributed by atoms with E-state index >= 15 is 0 Å². The monoisotopic (exact) mass is 298 g/mol. The smallest absolute Gasteiger partial charge is 0.261 e. The minimum Gasteiger partial charge on any atom is -0.393 e. The summed E-state index contributed by atoms with van der Waals surface area (Å²) in [5.41, 5.74) is 0.766. The third-order valence-corrected chi connectivity index (χ3v) is 2.90. The maximum atomic E-state index is 11.8. The van der Waals surface area contributed by atoms with Gasteiger partial charge in [-0.3, -0.25) is 0 Å². The molecule has 0 radical (unpaired) electrons. The van der Waals surface area contributed by atoms with Gasteiger partial charge in [-0.1, -0.05) is 29.3 Å². The first-order valence-corrected chi connectivity index (χ1v) is 6.22. The summed E-state index contributed by atoms with van der Waals surface area (Å²) in [5.74, 6) is 0. The Morgan fingerprint density at radius 1 is 1.28 bits per heavy atom. The molecule has 1 aromatic carbocycles. The molecule has 0 saturated carbocycles. The van der Waals surface area contributed by atoms with Crippen molar-refractivity contribution in [2.75, 3.05) is 13.2 Å². The van der Waals surface area contributed by atoms with Crippen molar-refractivity contribution < 1.29 is 18.6 Å². The Kier molecular flexibility index (Phi) is 6.86. The lowest BCUT2D eigenvalue weighted by Gasteiger charge is -2.12. The Bertz CT molecular complexity index is 375. The predicted molar refractivity (Wildman–Crippen MR) is 67.6 cm³/mol. The third kappa shape index (κ3) is 5.96. The summed E-state index contributed by atoms with van der Waals surface area (Å²) in [6.07, 6.45) is -2.53. The molecule has 1 atom stereocenters. The van der Waals surface area contributed by atoms with Crippen LogP contribution in [0.1, 0.15) is 12.0 Å². The van der Waals surface area contributed by atoms with Crippen LogP contribution >= 0.6 is 23.2 Å². The topological polar surface area (TPSA) is 29.5 Å². The quantitative estimate of drug-likeness (QED) is 0.780. The molecule has 0 amide bonds. The van der Waals surface area contributed by atoms with Crippen molar-refractivity contribution in [1.82, 2.24) is 0 Å². The SMILES string of the molecule is OC(CCOCC(F)F)Cc1ccc(Cl)cc1Cl. The lowest BCUT2D eigenvalue weighted by molar-refractivity contribution is 0.00512. The highest BCUT2D eigenvalue weighted by Crippen LogP contribution is 2.22. The van der Waals surface area contributed by atoms with Gasteiger partial charge >= 0.3 is 0 Å². The van der Waals surface area contributed by atoms with Gasteiger partial charge in [0.25, 0.3) is 6.43 Å². The second kappa shape index (κ2) is 7.89. The Labute approximate surface area is 114 Å². The number of alkyl halides is 2. The number of benzene rings is 1. The zero-order chi connectivity index (χ0) is 13.5. The maximum Gasteiger partial charge on any atom is 0.261 e. The first kappa shape index (κ1) is 15.6. The number of rotatable bonds is 7.